The Kier molecular flexibility index (Phi) is 5.39. The number of carbonyl (C=O) groups excluding carboxylic acids is 1. The third kappa shape index (κ3) is 3.13. The van der Waals surface area contributed by atoms with E-state index in [2.05, 4.69) is 17.9 Å². The molecule has 0 bridgehead atoms. The minimum absolute atomic E-state index is 0.124. The molecular weight excluding hydrogens is 378 g/mol. The number of nitrogens with zero attached hydrogens (tertiary/aromatic N) is 1. The molecule has 3 N–H and O–H groups in total. The molecule has 4 fully saturated rings. The number of ketones is 1. The Morgan fingerprint density at radius 1 is 1.17 bits per heavy atom. The zero-order valence-electron chi connectivity index (χ0n) is 18.6. The Hall–Kier alpha value is -1.11. The van der Waals surface area contributed by atoms with E-state index in [9.17, 15) is 9.90 Å². The third-order valence-electron chi connectivity index (χ3n) is 10.0. The van der Waals surface area contributed by atoms with Crippen molar-refractivity contribution in [2.24, 2.45) is 40.4 Å². The van der Waals surface area contributed by atoms with E-state index in [0.717, 1.165) is 44.6 Å². The molecule has 0 saturated heterocycles. The molecule has 0 amide bonds. The number of aliphatic hydroxyl groups is 1. The molecule has 30 heavy (non-hydrogen) atoms. The summed E-state index contributed by atoms with van der Waals surface area (Å²) in [6.07, 6.45) is 13.7. The van der Waals surface area contributed by atoms with Crippen molar-refractivity contribution >= 4 is 5.78 Å². The molecule has 0 aromatic rings. The molecule has 5 rings (SSSR count). The maximum Gasteiger partial charge on any atom is 0.157 e. The van der Waals surface area contributed by atoms with Crippen LogP contribution in [0.4, 0.5) is 0 Å². The van der Waals surface area contributed by atoms with Gasteiger partial charge in [-0.05, 0) is 92.3 Å². The van der Waals surface area contributed by atoms with Crippen LogP contribution in [-0.2, 0) is 9.53 Å². The van der Waals surface area contributed by atoms with Crippen molar-refractivity contribution in [3.8, 4) is 0 Å². The van der Waals surface area contributed by atoms with Crippen molar-refractivity contribution in [2.75, 3.05) is 20.3 Å². The smallest absolute Gasteiger partial charge is 0.157 e. The van der Waals surface area contributed by atoms with Crippen LogP contribution in [0.5, 0.6) is 0 Å². The second-order valence-corrected chi connectivity index (χ2v) is 11.1. The summed E-state index contributed by atoms with van der Waals surface area (Å²) >= 11 is 0. The van der Waals surface area contributed by atoms with E-state index < -0.39 is 0 Å². The first kappa shape index (κ1) is 20.8. The lowest BCUT2D eigenvalue weighted by Crippen LogP contribution is -2.57. The van der Waals surface area contributed by atoms with Crippen molar-refractivity contribution in [3.63, 3.8) is 0 Å². The summed E-state index contributed by atoms with van der Waals surface area (Å²) in [5.41, 5.74) is 6.33. The number of carbonyl (C=O) groups is 1. The van der Waals surface area contributed by atoms with E-state index in [0.29, 0.717) is 30.1 Å². The summed E-state index contributed by atoms with van der Waals surface area (Å²) < 4.78 is 5.84. The second kappa shape index (κ2) is 7.79. The van der Waals surface area contributed by atoms with Gasteiger partial charge in [0.1, 0.15) is 0 Å². The highest BCUT2D eigenvalue weighted by atomic mass is 16.5. The predicted octanol–water partition coefficient (Wildman–Crippen LogP) is 3.00. The largest absolute Gasteiger partial charge is 0.393 e. The van der Waals surface area contributed by atoms with Crippen LogP contribution in [0.15, 0.2) is 12.4 Å². The Balaban J connectivity index is 1.36. The fourth-order valence-electron chi connectivity index (χ4n) is 8.76. The lowest BCUT2D eigenvalue weighted by Gasteiger charge is -2.61. The Morgan fingerprint density at radius 2 is 2.03 bits per heavy atom. The number of methoxy groups -OCH3 is 1. The molecule has 1 heterocycles. The molecular formula is C24H39N3O3. The van der Waals surface area contributed by atoms with E-state index in [1.807, 2.05) is 24.5 Å². The van der Waals surface area contributed by atoms with Gasteiger partial charge in [-0.2, -0.15) is 0 Å². The number of ether oxygens (including phenoxy) is 1. The lowest BCUT2D eigenvalue weighted by atomic mass is 9.44. The summed E-state index contributed by atoms with van der Waals surface area (Å²) in [5, 5.41) is 12.2. The number of nitrogens with one attached hydrogen (secondary N) is 2. The summed E-state index contributed by atoms with van der Waals surface area (Å²) in [7, 11) is 1.85. The van der Waals surface area contributed by atoms with Crippen molar-refractivity contribution in [2.45, 2.75) is 70.8 Å². The SMILES string of the molecule is COC[C@]12CC[C@@H](O)C[C@@H]1CC[C@@H]1C2CC[C@]2(C)[C@@H](C(=O)CN3C=CNN3)CC[C@@H]12. The van der Waals surface area contributed by atoms with Gasteiger partial charge in [-0.1, -0.05) is 6.92 Å². The average molecular weight is 418 g/mol. The maximum absolute atomic E-state index is 13.3. The first-order valence-corrected chi connectivity index (χ1v) is 12.1. The van der Waals surface area contributed by atoms with Crippen molar-refractivity contribution < 1.29 is 14.6 Å². The van der Waals surface area contributed by atoms with Gasteiger partial charge in [-0.3, -0.25) is 9.80 Å². The van der Waals surface area contributed by atoms with Gasteiger partial charge >= 0.3 is 0 Å². The molecule has 1 unspecified atom stereocenters. The van der Waals surface area contributed by atoms with Crippen LogP contribution in [0.25, 0.3) is 0 Å². The van der Waals surface area contributed by atoms with Crippen LogP contribution in [0.3, 0.4) is 0 Å². The summed E-state index contributed by atoms with van der Waals surface area (Å²) in [5.74, 6) is 3.25. The first-order chi connectivity index (χ1) is 14.5. The lowest BCUT2D eigenvalue weighted by molar-refractivity contribution is -0.161. The molecule has 5 aliphatic rings. The molecule has 168 valence electrons. The van der Waals surface area contributed by atoms with Crippen LogP contribution >= 0.6 is 0 Å². The fraction of sp³-hybridized carbons (Fsp3) is 0.875. The van der Waals surface area contributed by atoms with Gasteiger partial charge in [0, 0.05) is 25.4 Å². The van der Waals surface area contributed by atoms with Crippen LogP contribution in [-0.4, -0.2) is 42.3 Å². The zero-order chi connectivity index (χ0) is 20.9. The van der Waals surface area contributed by atoms with Gasteiger partial charge in [-0.25, -0.2) is 0 Å². The minimum atomic E-state index is -0.124. The topological polar surface area (TPSA) is 73.8 Å². The summed E-state index contributed by atoms with van der Waals surface area (Å²) in [6.45, 7) is 3.71. The first-order valence-electron chi connectivity index (χ1n) is 12.1. The van der Waals surface area contributed by atoms with Crippen LogP contribution in [0.2, 0.25) is 0 Å². The highest BCUT2D eigenvalue weighted by Gasteiger charge is 2.62. The normalized spacial score (nSPS) is 47.4. The van der Waals surface area contributed by atoms with Gasteiger partial charge in [-0.15, -0.1) is 5.53 Å². The van der Waals surface area contributed by atoms with E-state index in [4.69, 9.17) is 4.74 Å². The van der Waals surface area contributed by atoms with E-state index >= 15 is 0 Å². The second-order valence-electron chi connectivity index (χ2n) is 11.1. The Bertz CT molecular complexity index is 699. The van der Waals surface area contributed by atoms with Crippen LogP contribution in [0, 0.1) is 40.4 Å². The van der Waals surface area contributed by atoms with E-state index in [1.165, 1.54) is 25.7 Å². The highest BCUT2D eigenvalue weighted by molar-refractivity contribution is 5.84. The molecule has 4 saturated carbocycles. The molecule has 0 radical (unpaired) electrons. The molecule has 4 aliphatic carbocycles. The van der Waals surface area contributed by atoms with Crippen LogP contribution < -0.4 is 11.0 Å². The van der Waals surface area contributed by atoms with Gasteiger partial charge in [0.25, 0.3) is 0 Å². The average Bonchev–Trinajstić information content (AvgIpc) is 3.35. The molecule has 8 atom stereocenters. The van der Waals surface area contributed by atoms with Crippen molar-refractivity contribution in [1.82, 2.24) is 16.0 Å². The third-order valence-corrected chi connectivity index (χ3v) is 10.0. The number of aliphatic hydroxyl groups excluding tert-OH is 1. The Morgan fingerprint density at radius 3 is 2.80 bits per heavy atom. The molecule has 0 spiro atoms. The van der Waals surface area contributed by atoms with E-state index in [-0.39, 0.29) is 22.9 Å². The van der Waals surface area contributed by atoms with Crippen LogP contribution in [0.1, 0.15) is 64.7 Å². The number of hydrazine groups is 2. The molecule has 6 nitrogen and oxygen atoms in total. The molecule has 0 aromatic heterocycles. The number of rotatable bonds is 5. The van der Waals surface area contributed by atoms with Gasteiger partial charge in [0.15, 0.2) is 5.78 Å². The molecule has 1 aliphatic heterocycles. The zero-order valence-corrected chi connectivity index (χ0v) is 18.6. The molecule has 0 aromatic carbocycles. The molecule has 6 heteroatoms. The van der Waals surface area contributed by atoms with Crippen molar-refractivity contribution in [3.05, 3.63) is 12.4 Å². The van der Waals surface area contributed by atoms with Gasteiger partial charge < -0.3 is 15.3 Å². The number of hydrogen-bond acceptors (Lipinski definition) is 6. The Labute approximate surface area is 180 Å². The predicted molar refractivity (Wildman–Crippen MR) is 115 cm³/mol. The number of fused-ring (bicyclic) bond motifs is 5. The van der Waals surface area contributed by atoms with Gasteiger partial charge in [0.2, 0.25) is 0 Å². The monoisotopic (exact) mass is 417 g/mol. The van der Waals surface area contributed by atoms with Crippen molar-refractivity contribution in [1.29, 1.82) is 0 Å². The standard InChI is InChI=1S/C24H39N3O3/c1-23-9-8-20-18(4-3-16-13-17(28)7-10-24(16,20)15-30-2)19(23)5-6-21(23)22(29)14-27-12-11-25-26-27/h11-12,16-21,25-26,28H,3-10,13-15H2,1-2H3/t16-,17+,18-,19-,20?,21+,23-,24+/m0/s1. The van der Waals surface area contributed by atoms with E-state index in [1.54, 1.807) is 0 Å². The summed E-state index contributed by atoms with van der Waals surface area (Å²) in [6, 6.07) is 0. The highest BCUT2D eigenvalue weighted by Crippen LogP contribution is 2.67. The minimum Gasteiger partial charge on any atom is -0.393 e. The summed E-state index contributed by atoms with van der Waals surface area (Å²) in [4.78, 5) is 13.3. The maximum atomic E-state index is 13.3. The quantitative estimate of drug-likeness (QED) is 0.639. The fourth-order valence-corrected chi connectivity index (χ4v) is 8.76. The number of hydrogen-bond donors (Lipinski definition) is 3. The number of Topliss-reactive ketones (excluding diaryl/α,β-unsaturated/α-hetero) is 1. The van der Waals surface area contributed by atoms with Gasteiger partial charge in [0.05, 0.1) is 19.3 Å².